The van der Waals surface area contributed by atoms with Crippen LogP contribution in [0.3, 0.4) is 0 Å². The first-order valence-electron chi connectivity index (χ1n) is 7.91. The first kappa shape index (κ1) is 23.2. The zero-order chi connectivity index (χ0) is 19.2. The van der Waals surface area contributed by atoms with E-state index in [4.69, 9.17) is 27.2 Å². The molecule has 3 aromatic rings. The second-order valence-electron chi connectivity index (χ2n) is 5.19. The molecule has 0 aromatic heterocycles. The maximum Gasteiger partial charge on any atom is -0.0809 e. The fraction of sp³-hybridized carbons (Fsp3) is 0.0952. The molecular formula is C21H21Cl2O2Zr-3. The van der Waals surface area contributed by atoms with Gasteiger partial charge in [0, 0.05) is 0 Å². The normalized spacial score (nSPS) is 13.3. The first-order chi connectivity index (χ1) is 12.7. The number of benzene rings is 2. The van der Waals surface area contributed by atoms with Crippen LogP contribution in [0.4, 0.5) is 0 Å². The maximum absolute atomic E-state index is 7.57. The van der Waals surface area contributed by atoms with E-state index in [1.165, 1.54) is 21.9 Å². The summed E-state index contributed by atoms with van der Waals surface area (Å²) < 4.78 is 0. The Bertz CT molecular complexity index is 739. The predicted octanol–water partition coefficient (Wildman–Crippen LogP) is 6.08. The molecule has 3 aromatic carbocycles. The summed E-state index contributed by atoms with van der Waals surface area (Å²) in [5, 5.41) is 17.7. The third-order valence-corrected chi connectivity index (χ3v) is 3.53. The van der Waals surface area contributed by atoms with Crippen molar-refractivity contribution in [3.05, 3.63) is 97.5 Å². The van der Waals surface area contributed by atoms with Crippen molar-refractivity contribution in [3.8, 4) is 0 Å². The van der Waals surface area contributed by atoms with Gasteiger partial charge in [-0.15, -0.1) is 41.6 Å². The molecule has 0 amide bonds. The van der Waals surface area contributed by atoms with Gasteiger partial charge in [0.2, 0.25) is 0 Å². The van der Waals surface area contributed by atoms with Crippen molar-refractivity contribution in [2.24, 2.45) is 0 Å². The average Bonchev–Trinajstić information content (AvgIpc) is 3.30. The van der Waals surface area contributed by atoms with E-state index in [0.29, 0.717) is 12.5 Å². The Hall–Kier alpha value is -0.827. The summed E-state index contributed by atoms with van der Waals surface area (Å²) >= 11 is -0.826. The Morgan fingerprint density at radius 3 is 2.31 bits per heavy atom. The molecule has 0 heterocycles. The molecule has 1 unspecified atom stereocenters. The van der Waals surface area contributed by atoms with Gasteiger partial charge in [-0.3, -0.25) is 0 Å². The van der Waals surface area contributed by atoms with Crippen molar-refractivity contribution in [2.45, 2.75) is 5.92 Å². The molecule has 1 aliphatic rings. The van der Waals surface area contributed by atoms with E-state index in [1.54, 1.807) is 0 Å². The van der Waals surface area contributed by atoms with Crippen LogP contribution in [0, 0.1) is 13.5 Å². The second kappa shape index (κ2) is 14.3. The van der Waals surface area contributed by atoms with Crippen molar-refractivity contribution in [1.82, 2.24) is 0 Å². The van der Waals surface area contributed by atoms with Crippen molar-refractivity contribution >= 4 is 33.9 Å². The van der Waals surface area contributed by atoms with Crippen molar-refractivity contribution in [2.75, 3.05) is 6.61 Å². The molecule has 2 nitrogen and oxygen atoms in total. The predicted molar refractivity (Wildman–Crippen MR) is 108 cm³/mol. The van der Waals surface area contributed by atoms with Crippen molar-refractivity contribution in [3.63, 3.8) is 0 Å². The van der Waals surface area contributed by atoms with E-state index in [0.717, 1.165) is 0 Å². The Balaban J connectivity index is 0.000000195. The minimum atomic E-state index is -0.826. The Kier molecular flexibility index (Phi) is 12.7. The van der Waals surface area contributed by atoms with Crippen LogP contribution in [0.1, 0.15) is 17.0 Å². The largest absolute Gasteiger partial charge is 0.168 e. The molecule has 5 heteroatoms. The smallest absolute Gasteiger partial charge is 0.0809 e. The molecular weight excluding hydrogens is 446 g/mol. The van der Waals surface area contributed by atoms with Gasteiger partial charge in [-0.05, 0) is 5.56 Å². The van der Waals surface area contributed by atoms with Crippen LogP contribution in [0.5, 0.6) is 0 Å². The van der Waals surface area contributed by atoms with Gasteiger partial charge in [0.15, 0.2) is 0 Å². The molecule has 4 rings (SSSR count). The van der Waals surface area contributed by atoms with E-state index in [2.05, 4.69) is 85.8 Å². The van der Waals surface area contributed by atoms with Crippen LogP contribution in [-0.4, -0.2) is 16.8 Å². The Morgan fingerprint density at radius 1 is 1.08 bits per heavy atom. The van der Waals surface area contributed by atoms with Gasteiger partial charge >= 0.3 is 37.9 Å². The third kappa shape index (κ3) is 8.24. The van der Waals surface area contributed by atoms with Gasteiger partial charge < -0.3 is 17.1 Å². The van der Waals surface area contributed by atoms with Gasteiger partial charge in [0.05, 0.1) is 0 Å². The van der Waals surface area contributed by atoms with Gasteiger partial charge in [0.25, 0.3) is 0 Å². The van der Waals surface area contributed by atoms with Crippen LogP contribution in [0.25, 0.3) is 16.8 Å². The molecule has 0 saturated carbocycles. The van der Waals surface area contributed by atoms with Crippen LogP contribution >= 0.6 is 17.0 Å². The van der Waals surface area contributed by atoms with Gasteiger partial charge in [-0.1, -0.05) is 48.6 Å². The monoisotopic (exact) mass is 465 g/mol. The number of fused-ring (bicyclic) bond motifs is 2. The molecule has 0 aliphatic heterocycles. The first-order valence-corrected chi connectivity index (χ1v) is 14.2. The number of hydrogen-bond donors (Lipinski definition) is 2. The molecule has 0 bridgehead atoms. The molecule has 0 radical (unpaired) electrons. The minimum Gasteiger partial charge on any atom is -0.168 e. The van der Waals surface area contributed by atoms with Crippen LogP contribution in [0.15, 0.2) is 72.8 Å². The molecule has 2 N–H and O–H groups in total. The van der Waals surface area contributed by atoms with Crippen LogP contribution in [-0.2, 0) is 20.8 Å². The zero-order valence-corrected chi connectivity index (χ0v) is 18.2. The van der Waals surface area contributed by atoms with Crippen LogP contribution in [0.2, 0.25) is 0 Å². The molecule has 0 saturated heterocycles. The molecule has 26 heavy (non-hydrogen) atoms. The SMILES string of the molecule is O[CH-]CO.[CH2-]C1C=Cc2ccccc21.[Cl][Zr][Cl].c1ccc2[cH-]ccc2c1. The number of hydrogen-bond acceptors (Lipinski definition) is 2. The molecule has 0 fully saturated rings. The third-order valence-electron chi connectivity index (χ3n) is 3.53. The summed E-state index contributed by atoms with van der Waals surface area (Å²) in [5.41, 5.74) is 2.67. The molecule has 1 atom stereocenters. The molecule has 1 aliphatic carbocycles. The minimum absolute atomic E-state index is 0.250. The number of rotatable bonds is 1. The fourth-order valence-electron chi connectivity index (χ4n) is 2.39. The standard InChI is InChI=1S/C10H9.C9H7.C2H5O2.2ClH.Zr/c1-8-6-7-9-4-2-3-5-10(8)9;1-2-5-9-7-3-6-8(9)4-1;3-1-2-4;;;/h2-8H,1H2;1-7H;1,3-4H,2H2;2*1H;/q3*-1;;;+2/p-2. The summed E-state index contributed by atoms with van der Waals surface area (Å²) in [6, 6.07) is 23.0. The number of halogens is 2. The number of allylic oxidation sites excluding steroid dienone is 1. The molecule has 0 spiro atoms. The van der Waals surface area contributed by atoms with Crippen molar-refractivity contribution in [1.29, 1.82) is 0 Å². The van der Waals surface area contributed by atoms with E-state index in [9.17, 15) is 0 Å². The Morgan fingerprint density at radius 2 is 1.69 bits per heavy atom. The summed E-state index contributed by atoms with van der Waals surface area (Å²) in [4.78, 5) is 0. The zero-order valence-electron chi connectivity index (χ0n) is 14.2. The average molecular weight is 468 g/mol. The van der Waals surface area contributed by atoms with Gasteiger partial charge in [0.1, 0.15) is 0 Å². The number of aliphatic hydroxyl groups excluding tert-OH is 2. The summed E-state index contributed by atoms with van der Waals surface area (Å²) in [6.07, 6.45) is 4.26. The topological polar surface area (TPSA) is 40.5 Å². The summed E-state index contributed by atoms with van der Waals surface area (Å²) in [7, 11) is 9.87. The van der Waals surface area contributed by atoms with Gasteiger partial charge in [-0.2, -0.15) is 24.1 Å². The Labute approximate surface area is 174 Å². The summed E-state index contributed by atoms with van der Waals surface area (Å²) in [6.45, 7) is 4.42. The quantitative estimate of drug-likeness (QED) is 0.426. The van der Waals surface area contributed by atoms with Crippen LogP contribution < -0.4 is 0 Å². The van der Waals surface area contributed by atoms with E-state index in [-0.39, 0.29) is 6.61 Å². The maximum atomic E-state index is 7.57. The second-order valence-corrected chi connectivity index (χ2v) is 8.92. The van der Waals surface area contributed by atoms with E-state index >= 15 is 0 Å². The van der Waals surface area contributed by atoms with Crippen molar-refractivity contribution < 1.29 is 31.1 Å². The van der Waals surface area contributed by atoms with E-state index < -0.39 is 20.8 Å². The van der Waals surface area contributed by atoms with Gasteiger partial charge in [-0.25, -0.2) is 0 Å². The fourth-order valence-corrected chi connectivity index (χ4v) is 2.39. The summed E-state index contributed by atoms with van der Waals surface area (Å²) in [5.74, 6) is 0.371. The molecule has 138 valence electrons. The van der Waals surface area contributed by atoms with E-state index in [1.807, 2.05) is 0 Å². The number of aliphatic hydroxyl groups is 2.